The van der Waals surface area contributed by atoms with E-state index in [4.69, 9.17) is 9.47 Å². The highest BCUT2D eigenvalue weighted by Crippen LogP contribution is 2.27. The lowest BCUT2D eigenvalue weighted by Crippen LogP contribution is -2.41. The number of carbonyl (C=O) groups excluding carboxylic acids is 1. The molecule has 5 heteroatoms. The zero-order valence-corrected chi connectivity index (χ0v) is 11.8. The second-order valence-electron chi connectivity index (χ2n) is 5.35. The third-order valence-electron chi connectivity index (χ3n) is 4.20. The van der Waals surface area contributed by atoms with Gasteiger partial charge in [0.1, 0.15) is 18.2 Å². The maximum Gasteiger partial charge on any atom is 0.245 e. The van der Waals surface area contributed by atoms with Crippen molar-refractivity contribution in [3.05, 3.63) is 29.8 Å². The molecule has 0 aliphatic carbocycles. The predicted molar refractivity (Wildman–Crippen MR) is 75.7 cm³/mol. The Kier molecular flexibility index (Phi) is 3.63. The zero-order valence-electron chi connectivity index (χ0n) is 11.8. The first-order valence-electron chi connectivity index (χ1n) is 6.91. The minimum Gasteiger partial charge on any atom is -0.377 e. The van der Waals surface area contributed by atoms with E-state index in [1.54, 1.807) is 14.2 Å². The molecule has 1 N–H and O–H groups in total. The Hall–Kier alpha value is -1.59. The first-order chi connectivity index (χ1) is 9.72. The minimum atomic E-state index is -0.166. The monoisotopic (exact) mass is 276 g/mol. The zero-order chi connectivity index (χ0) is 14.1. The Bertz CT molecular complexity index is 469. The summed E-state index contributed by atoms with van der Waals surface area (Å²) < 4.78 is 10.8. The van der Waals surface area contributed by atoms with Crippen LogP contribution >= 0.6 is 0 Å². The molecule has 5 nitrogen and oxygen atoms in total. The molecule has 1 saturated heterocycles. The Labute approximate surface area is 118 Å². The number of rotatable bonds is 3. The molecule has 3 rings (SSSR count). The number of likely N-dealkylation sites (tertiary alicyclic amines) is 1. The molecule has 2 aliphatic rings. The van der Waals surface area contributed by atoms with E-state index >= 15 is 0 Å². The van der Waals surface area contributed by atoms with E-state index in [-0.39, 0.29) is 24.2 Å². The Morgan fingerprint density at radius 2 is 1.85 bits per heavy atom. The second-order valence-corrected chi connectivity index (χ2v) is 5.35. The van der Waals surface area contributed by atoms with Crippen molar-refractivity contribution in [1.82, 2.24) is 4.90 Å². The van der Waals surface area contributed by atoms with Crippen LogP contribution in [0.3, 0.4) is 0 Å². The smallest absolute Gasteiger partial charge is 0.245 e. The van der Waals surface area contributed by atoms with E-state index in [1.165, 1.54) is 5.56 Å². The number of nitrogens with zero attached hydrogens (tertiary/aromatic N) is 1. The summed E-state index contributed by atoms with van der Waals surface area (Å²) >= 11 is 0. The van der Waals surface area contributed by atoms with E-state index in [0.29, 0.717) is 13.1 Å². The van der Waals surface area contributed by atoms with Crippen LogP contribution in [0.5, 0.6) is 0 Å². The van der Waals surface area contributed by atoms with Crippen LogP contribution in [0.25, 0.3) is 0 Å². The predicted octanol–water partition coefficient (Wildman–Crippen LogP) is 0.895. The van der Waals surface area contributed by atoms with E-state index < -0.39 is 0 Å². The molecule has 3 unspecified atom stereocenters. The van der Waals surface area contributed by atoms with E-state index in [1.807, 2.05) is 23.1 Å². The molecular weight excluding hydrogens is 256 g/mol. The summed E-state index contributed by atoms with van der Waals surface area (Å²) in [4.78, 5) is 14.4. The molecule has 108 valence electrons. The number of ether oxygens (including phenoxy) is 2. The summed E-state index contributed by atoms with van der Waals surface area (Å²) in [6.45, 7) is 1.20. The Balaban J connectivity index is 1.67. The molecule has 0 bridgehead atoms. The third-order valence-corrected chi connectivity index (χ3v) is 4.20. The number of hydrogen-bond donors (Lipinski definition) is 1. The standard InChI is InChI=1S/C15H20N2O3/c1-19-13-8-17(9-14(13)20-2)15(18)12-7-10-5-3-4-6-11(10)16-12/h3-6,12-14,16H,7-9H2,1-2H3. The van der Waals surface area contributed by atoms with Crippen LogP contribution < -0.4 is 5.32 Å². The lowest BCUT2D eigenvalue weighted by atomic mass is 10.1. The average molecular weight is 276 g/mol. The van der Waals surface area contributed by atoms with Crippen LogP contribution in [0.1, 0.15) is 5.56 Å². The second kappa shape index (κ2) is 5.42. The minimum absolute atomic E-state index is 0.0345. The van der Waals surface area contributed by atoms with Crippen molar-refractivity contribution in [2.75, 3.05) is 32.6 Å². The summed E-state index contributed by atoms with van der Waals surface area (Å²) in [5.41, 5.74) is 2.27. The fourth-order valence-corrected chi connectivity index (χ4v) is 3.04. The van der Waals surface area contributed by atoms with Crippen LogP contribution in [-0.4, -0.2) is 56.4 Å². The fourth-order valence-electron chi connectivity index (χ4n) is 3.04. The molecule has 1 fully saturated rings. The number of carbonyl (C=O) groups is 1. The van der Waals surface area contributed by atoms with Crippen molar-refractivity contribution in [1.29, 1.82) is 0 Å². The van der Waals surface area contributed by atoms with Gasteiger partial charge in [-0.25, -0.2) is 0 Å². The largest absolute Gasteiger partial charge is 0.377 e. The number of hydrogen-bond acceptors (Lipinski definition) is 4. The van der Waals surface area contributed by atoms with Gasteiger partial charge in [-0.15, -0.1) is 0 Å². The van der Waals surface area contributed by atoms with Gasteiger partial charge in [-0.05, 0) is 11.6 Å². The molecule has 0 aromatic heterocycles. The van der Waals surface area contributed by atoms with Crippen LogP contribution in [0.2, 0.25) is 0 Å². The van der Waals surface area contributed by atoms with Crippen molar-refractivity contribution in [3.63, 3.8) is 0 Å². The molecule has 2 aliphatic heterocycles. The lowest BCUT2D eigenvalue weighted by molar-refractivity contribution is -0.131. The summed E-state index contributed by atoms with van der Waals surface area (Å²) in [6, 6.07) is 7.90. The normalized spacial score (nSPS) is 28.3. The van der Waals surface area contributed by atoms with Crippen molar-refractivity contribution in [3.8, 4) is 0 Å². The van der Waals surface area contributed by atoms with Gasteiger partial charge in [0.05, 0.1) is 0 Å². The highest BCUT2D eigenvalue weighted by Gasteiger charge is 2.39. The first kappa shape index (κ1) is 13.4. The molecule has 3 atom stereocenters. The molecule has 0 saturated carbocycles. The lowest BCUT2D eigenvalue weighted by Gasteiger charge is -2.20. The molecule has 0 radical (unpaired) electrons. The van der Waals surface area contributed by atoms with Gasteiger partial charge in [0.2, 0.25) is 5.91 Å². The van der Waals surface area contributed by atoms with Gasteiger partial charge in [-0.1, -0.05) is 18.2 Å². The van der Waals surface area contributed by atoms with Gasteiger partial charge in [-0.3, -0.25) is 4.79 Å². The van der Waals surface area contributed by atoms with Gasteiger partial charge >= 0.3 is 0 Å². The van der Waals surface area contributed by atoms with Crippen LogP contribution in [-0.2, 0) is 20.7 Å². The van der Waals surface area contributed by atoms with Crippen LogP contribution in [0.4, 0.5) is 5.69 Å². The molecule has 20 heavy (non-hydrogen) atoms. The maximum absolute atomic E-state index is 12.6. The summed E-state index contributed by atoms with van der Waals surface area (Å²) in [5.74, 6) is 0.128. The van der Waals surface area contributed by atoms with Crippen molar-refractivity contribution in [2.45, 2.75) is 24.7 Å². The molecule has 2 heterocycles. The number of methoxy groups -OCH3 is 2. The van der Waals surface area contributed by atoms with Crippen molar-refractivity contribution >= 4 is 11.6 Å². The topological polar surface area (TPSA) is 50.8 Å². The highest BCUT2D eigenvalue weighted by atomic mass is 16.5. The van der Waals surface area contributed by atoms with Gasteiger partial charge in [0.15, 0.2) is 0 Å². The van der Waals surface area contributed by atoms with E-state index in [9.17, 15) is 4.79 Å². The van der Waals surface area contributed by atoms with Gasteiger partial charge < -0.3 is 19.7 Å². The van der Waals surface area contributed by atoms with E-state index in [0.717, 1.165) is 12.1 Å². The van der Waals surface area contributed by atoms with E-state index in [2.05, 4.69) is 11.4 Å². The molecule has 1 amide bonds. The number of benzene rings is 1. The number of para-hydroxylation sites is 1. The molecule has 1 aromatic carbocycles. The number of nitrogens with one attached hydrogen (secondary N) is 1. The van der Waals surface area contributed by atoms with Crippen LogP contribution in [0, 0.1) is 0 Å². The first-order valence-corrected chi connectivity index (χ1v) is 6.91. The van der Waals surface area contributed by atoms with Gasteiger partial charge in [0.25, 0.3) is 0 Å². The summed E-state index contributed by atoms with van der Waals surface area (Å²) in [5, 5.41) is 3.30. The maximum atomic E-state index is 12.6. The fraction of sp³-hybridized carbons (Fsp3) is 0.533. The highest BCUT2D eigenvalue weighted by molar-refractivity contribution is 5.87. The molecule has 1 aromatic rings. The SMILES string of the molecule is COC1CN(C(=O)C2Cc3ccccc3N2)CC1OC. The third kappa shape index (κ3) is 2.27. The molecule has 0 spiro atoms. The number of fused-ring (bicyclic) bond motifs is 1. The Morgan fingerprint density at radius 3 is 2.45 bits per heavy atom. The number of amides is 1. The average Bonchev–Trinajstić information content (AvgIpc) is 3.09. The van der Waals surface area contributed by atoms with Gasteiger partial charge in [0, 0.05) is 39.4 Å². The van der Waals surface area contributed by atoms with Crippen molar-refractivity contribution in [2.24, 2.45) is 0 Å². The van der Waals surface area contributed by atoms with Crippen molar-refractivity contribution < 1.29 is 14.3 Å². The molecular formula is C15H20N2O3. The van der Waals surface area contributed by atoms with Crippen LogP contribution in [0.15, 0.2) is 24.3 Å². The van der Waals surface area contributed by atoms with Gasteiger partial charge in [-0.2, -0.15) is 0 Å². The number of anilines is 1. The summed E-state index contributed by atoms with van der Waals surface area (Å²) in [6.07, 6.45) is 0.682. The quantitative estimate of drug-likeness (QED) is 0.891. The summed E-state index contributed by atoms with van der Waals surface area (Å²) in [7, 11) is 3.32. The Morgan fingerprint density at radius 1 is 1.20 bits per heavy atom.